The number of hydrogen-bond acceptors (Lipinski definition) is 5. The van der Waals surface area contributed by atoms with Crippen LogP contribution in [0.3, 0.4) is 0 Å². The van der Waals surface area contributed by atoms with Gasteiger partial charge in [-0.05, 0) is 37.6 Å². The van der Waals surface area contributed by atoms with Crippen molar-refractivity contribution in [1.29, 1.82) is 5.26 Å². The summed E-state index contributed by atoms with van der Waals surface area (Å²) in [5, 5.41) is 8.83. The molecule has 5 heteroatoms. The van der Waals surface area contributed by atoms with E-state index in [2.05, 4.69) is 9.97 Å². The minimum absolute atomic E-state index is 0.129. The van der Waals surface area contributed by atoms with Gasteiger partial charge in [0.1, 0.15) is 11.8 Å². The van der Waals surface area contributed by atoms with Gasteiger partial charge in [0.2, 0.25) is 0 Å². The molecule has 0 aliphatic heterocycles. The van der Waals surface area contributed by atoms with Crippen molar-refractivity contribution in [3.63, 3.8) is 0 Å². The van der Waals surface area contributed by atoms with Crippen LogP contribution in [-0.2, 0) is 0 Å². The molecule has 0 aliphatic carbocycles. The smallest absolute Gasteiger partial charge is 0.323 e. The highest BCUT2D eigenvalue weighted by molar-refractivity contribution is 5.54. The molecule has 2 rings (SSSR count). The lowest BCUT2D eigenvalue weighted by Crippen LogP contribution is -1.99. The summed E-state index contributed by atoms with van der Waals surface area (Å²) in [7, 11) is 0. The van der Waals surface area contributed by atoms with E-state index in [-0.39, 0.29) is 11.7 Å². The van der Waals surface area contributed by atoms with E-state index in [0.29, 0.717) is 17.1 Å². The fraction of sp³-hybridized carbons (Fsp3) is 0.154. The molecule has 5 nitrogen and oxygen atoms in total. The Morgan fingerprint density at radius 2 is 2.00 bits per heavy atom. The maximum Gasteiger partial charge on any atom is 0.323 e. The number of ether oxygens (including phenoxy) is 1. The Bertz CT molecular complexity index is 631. The molecule has 0 spiro atoms. The lowest BCUT2D eigenvalue weighted by Gasteiger charge is -2.08. The second kappa shape index (κ2) is 4.72. The van der Waals surface area contributed by atoms with Gasteiger partial charge in [0.15, 0.2) is 5.75 Å². The fourth-order valence-corrected chi connectivity index (χ4v) is 1.47. The van der Waals surface area contributed by atoms with Gasteiger partial charge in [-0.2, -0.15) is 10.2 Å². The van der Waals surface area contributed by atoms with Crippen LogP contribution < -0.4 is 10.5 Å². The van der Waals surface area contributed by atoms with Gasteiger partial charge in [-0.1, -0.05) is 6.07 Å². The summed E-state index contributed by atoms with van der Waals surface area (Å²) in [5.74, 6) is 0.490. The van der Waals surface area contributed by atoms with E-state index in [0.717, 1.165) is 5.56 Å². The number of aryl methyl sites for hydroxylation is 2. The maximum absolute atomic E-state index is 8.83. The van der Waals surface area contributed by atoms with Gasteiger partial charge in [0.05, 0.1) is 5.69 Å². The van der Waals surface area contributed by atoms with E-state index in [1.165, 1.54) is 0 Å². The highest BCUT2D eigenvalue weighted by atomic mass is 16.5. The van der Waals surface area contributed by atoms with Crippen LogP contribution in [0.25, 0.3) is 0 Å². The molecule has 18 heavy (non-hydrogen) atoms. The van der Waals surface area contributed by atoms with Gasteiger partial charge in [-0.25, -0.2) is 4.98 Å². The third kappa shape index (κ3) is 2.55. The van der Waals surface area contributed by atoms with E-state index in [4.69, 9.17) is 15.7 Å². The van der Waals surface area contributed by atoms with Crippen LogP contribution in [0, 0.1) is 25.2 Å². The van der Waals surface area contributed by atoms with Crippen LogP contribution >= 0.6 is 0 Å². The molecule has 0 fully saturated rings. The average molecular weight is 240 g/mol. The predicted octanol–water partition coefficient (Wildman–Crippen LogP) is 2.34. The van der Waals surface area contributed by atoms with Crippen molar-refractivity contribution in [2.45, 2.75) is 13.8 Å². The summed E-state index contributed by atoms with van der Waals surface area (Å²) in [5.41, 5.74) is 8.26. The van der Waals surface area contributed by atoms with Crippen molar-refractivity contribution in [3.8, 4) is 17.8 Å². The molecule has 0 saturated carbocycles. The van der Waals surface area contributed by atoms with E-state index < -0.39 is 0 Å². The second-order valence-corrected chi connectivity index (χ2v) is 3.93. The molecule has 0 radical (unpaired) electrons. The SMILES string of the molecule is Cc1ccc(N)c(Oc2nc(C)cc(C#N)n2)c1. The van der Waals surface area contributed by atoms with Crippen molar-refractivity contribution >= 4 is 5.69 Å². The summed E-state index contributed by atoms with van der Waals surface area (Å²) in [4.78, 5) is 8.08. The number of nitrogens with two attached hydrogens (primary N) is 1. The molecule has 1 heterocycles. The van der Waals surface area contributed by atoms with Crippen LogP contribution in [0.4, 0.5) is 5.69 Å². The number of nitriles is 1. The molecule has 0 atom stereocenters. The van der Waals surface area contributed by atoms with Crippen molar-refractivity contribution in [2.24, 2.45) is 0 Å². The predicted molar refractivity (Wildman–Crippen MR) is 67.1 cm³/mol. The van der Waals surface area contributed by atoms with Crippen LogP contribution in [0.15, 0.2) is 24.3 Å². The first-order chi connectivity index (χ1) is 8.58. The van der Waals surface area contributed by atoms with Gasteiger partial charge in [-0.3, -0.25) is 0 Å². The lowest BCUT2D eigenvalue weighted by molar-refractivity contribution is 0.441. The number of nitrogens with zero attached hydrogens (tertiary/aromatic N) is 3. The van der Waals surface area contributed by atoms with Crippen molar-refractivity contribution in [3.05, 3.63) is 41.2 Å². The Hall–Kier alpha value is -2.61. The number of aromatic nitrogens is 2. The standard InChI is InChI=1S/C13H12N4O/c1-8-3-4-11(15)12(5-8)18-13-16-9(2)6-10(7-14)17-13/h3-6H,15H2,1-2H3. The molecule has 90 valence electrons. The molecule has 0 unspecified atom stereocenters. The molecule has 0 bridgehead atoms. The largest absolute Gasteiger partial charge is 0.422 e. The van der Waals surface area contributed by atoms with Crippen LogP contribution in [0.1, 0.15) is 17.0 Å². The molecular formula is C13H12N4O. The zero-order valence-electron chi connectivity index (χ0n) is 10.1. The number of benzene rings is 1. The van der Waals surface area contributed by atoms with Crippen LogP contribution in [0.2, 0.25) is 0 Å². The Morgan fingerprint density at radius 1 is 1.22 bits per heavy atom. The topological polar surface area (TPSA) is 84.8 Å². The van der Waals surface area contributed by atoms with Gasteiger partial charge in [0, 0.05) is 5.69 Å². The minimum Gasteiger partial charge on any atom is -0.422 e. The first kappa shape index (κ1) is 11.9. The highest BCUT2D eigenvalue weighted by Gasteiger charge is 2.07. The minimum atomic E-state index is 0.129. The van der Waals surface area contributed by atoms with E-state index in [1.54, 1.807) is 25.1 Å². The zero-order chi connectivity index (χ0) is 13.1. The molecule has 0 amide bonds. The molecule has 1 aromatic heterocycles. The lowest BCUT2D eigenvalue weighted by atomic mass is 10.2. The van der Waals surface area contributed by atoms with Crippen LogP contribution in [0.5, 0.6) is 11.8 Å². The molecule has 2 aromatic rings. The number of hydrogen-bond donors (Lipinski definition) is 1. The van der Waals surface area contributed by atoms with Gasteiger partial charge >= 0.3 is 6.01 Å². The summed E-state index contributed by atoms with van der Waals surface area (Å²) in [6, 6.07) is 9.12. The Kier molecular flexibility index (Phi) is 3.11. The van der Waals surface area contributed by atoms with Gasteiger partial charge < -0.3 is 10.5 Å². The van der Waals surface area contributed by atoms with E-state index >= 15 is 0 Å². The van der Waals surface area contributed by atoms with Crippen molar-refractivity contribution in [2.75, 3.05) is 5.73 Å². The average Bonchev–Trinajstić information content (AvgIpc) is 2.33. The van der Waals surface area contributed by atoms with Gasteiger partial charge in [0.25, 0.3) is 0 Å². The molecule has 0 aliphatic rings. The molecule has 1 aromatic carbocycles. The molecule has 2 N–H and O–H groups in total. The zero-order valence-corrected chi connectivity index (χ0v) is 10.1. The fourth-order valence-electron chi connectivity index (χ4n) is 1.47. The maximum atomic E-state index is 8.83. The van der Waals surface area contributed by atoms with Gasteiger partial charge in [-0.15, -0.1) is 0 Å². The molecular weight excluding hydrogens is 228 g/mol. The Morgan fingerprint density at radius 3 is 2.72 bits per heavy atom. The highest BCUT2D eigenvalue weighted by Crippen LogP contribution is 2.26. The first-order valence-corrected chi connectivity index (χ1v) is 5.38. The summed E-state index contributed by atoms with van der Waals surface area (Å²) in [6.45, 7) is 3.71. The Balaban J connectivity index is 2.37. The summed E-state index contributed by atoms with van der Waals surface area (Å²) >= 11 is 0. The third-order valence-corrected chi connectivity index (χ3v) is 2.32. The first-order valence-electron chi connectivity index (χ1n) is 5.38. The Labute approximate surface area is 105 Å². The number of rotatable bonds is 2. The molecule has 0 saturated heterocycles. The second-order valence-electron chi connectivity index (χ2n) is 3.93. The normalized spacial score (nSPS) is 9.83. The monoisotopic (exact) mass is 240 g/mol. The van der Waals surface area contributed by atoms with Crippen molar-refractivity contribution in [1.82, 2.24) is 9.97 Å². The van der Waals surface area contributed by atoms with E-state index in [1.807, 2.05) is 19.1 Å². The summed E-state index contributed by atoms with van der Waals surface area (Å²) < 4.78 is 5.51. The number of nitrogen functional groups attached to an aromatic ring is 1. The van der Waals surface area contributed by atoms with Crippen LogP contribution in [-0.4, -0.2) is 9.97 Å². The third-order valence-electron chi connectivity index (χ3n) is 2.32. The summed E-state index contributed by atoms with van der Waals surface area (Å²) in [6.07, 6.45) is 0. The van der Waals surface area contributed by atoms with Crippen molar-refractivity contribution < 1.29 is 4.74 Å². The van der Waals surface area contributed by atoms with E-state index in [9.17, 15) is 0 Å². The quantitative estimate of drug-likeness (QED) is 0.814. The number of anilines is 1.